The van der Waals surface area contributed by atoms with Crippen molar-refractivity contribution in [2.45, 2.75) is 12.8 Å². The summed E-state index contributed by atoms with van der Waals surface area (Å²) in [6, 6.07) is 6.17. The Balaban J connectivity index is 1.76. The highest BCUT2D eigenvalue weighted by Crippen LogP contribution is 2.06. The number of hydrogen-bond donors (Lipinski definition) is 2. The minimum Gasteiger partial charge on any atom is -0.355 e. The van der Waals surface area contributed by atoms with Crippen molar-refractivity contribution in [1.29, 1.82) is 0 Å². The van der Waals surface area contributed by atoms with Crippen molar-refractivity contribution in [2.24, 2.45) is 5.92 Å². The molecule has 4 heteroatoms. The van der Waals surface area contributed by atoms with E-state index >= 15 is 0 Å². The van der Waals surface area contributed by atoms with Crippen LogP contribution in [0.1, 0.15) is 12.0 Å². The first-order valence-corrected chi connectivity index (χ1v) is 5.96. The highest BCUT2D eigenvalue weighted by molar-refractivity contribution is 5.78. The van der Waals surface area contributed by atoms with Gasteiger partial charge in [-0.3, -0.25) is 4.79 Å². The topological polar surface area (TPSA) is 41.1 Å². The molecule has 1 saturated heterocycles. The van der Waals surface area contributed by atoms with Gasteiger partial charge in [0.25, 0.3) is 0 Å². The molecule has 0 bridgehead atoms. The van der Waals surface area contributed by atoms with Crippen LogP contribution in [0.3, 0.4) is 0 Å². The summed E-state index contributed by atoms with van der Waals surface area (Å²) in [5.41, 5.74) is 0.715. The highest BCUT2D eigenvalue weighted by atomic mass is 19.1. The maximum Gasteiger partial charge on any atom is 0.224 e. The second-order valence-electron chi connectivity index (χ2n) is 4.47. The standard InChI is InChI=1S/C13H17FN2O/c14-12-3-1-2-10(6-12)7-13(17)16-9-11-4-5-15-8-11/h1-3,6,11,15H,4-5,7-9H2,(H,16,17). The molecule has 0 spiro atoms. The number of hydrogen-bond acceptors (Lipinski definition) is 2. The van der Waals surface area contributed by atoms with Gasteiger partial charge in [0.2, 0.25) is 5.91 Å². The fourth-order valence-electron chi connectivity index (χ4n) is 2.04. The van der Waals surface area contributed by atoms with Gasteiger partial charge in [-0.2, -0.15) is 0 Å². The molecule has 1 atom stereocenters. The lowest BCUT2D eigenvalue weighted by Gasteiger charge is -2.10. The Morgan fingerprint density at radius 2 is 2.41 bits per heavy atom. The molecule has 2 rings (SSSR count). The summed E-state index contributed by atoms with van der Waals surface area (Å²) in [6.45, 7) is 2.71. The first kappa shape index (κ1) is 12.0. The van der Waals surface area contributed by atoms with Gasteiger partial charge in [-0.15, -0.1) is 0 Å². The van der Waals surface area contributed by atoms with Gasteiger partial charge in [0.1, 0.15) is 5.82 Å². The fraction of sp³-hybridized carbons (Fsp3) is 0.462. The number of nitrogens with one attached hydrogen (secondary N) is 2. The van der Waals surface area contributed by atoms with E-state index in [1.54, 1.807) is 12.1 Å². The Labute approximate surface area is 100 Å². The van der Waals surface area contributed by atoms with E-state index in [1.807, 2.05) is 0 Å². The van der Waals surface area contributed by atoms with Crippen molar-refractivity contribution >= 4 is 5.91 Å². The molecule has 2 N–H and O–H groups in total. The maximum absolute atomic E-state index is 12.9. The molecule has 1 aliphatic rings. The summed E-state index contributed by atoms with van der Waals surface area (Å²) in [6.07, 6.45) is 1.36. The molecule has 1 aromatic carbocycles. The molecular formula is C13H17FN2O. The lowest BCUT2D eigenvalue weighted by Crippen LogP contribution is -2.31. The van der Waals surface area contributed by atoms with Crippen LogP contribution >= 0.6 is 0 Å². The quantitative estimate of drug-likeness (QED) is 0.821. The molecule has 3 nitrogen and oxygen atoms in total. The van der Waals surface area contributed by atoms with Gasteiger partial charge < -0.3 is 10.6 Å². The lowest BCUT2D eigenvalue weighted by molar-refractivity contribution is -0.120. The number of carbonyl (C=O) groups excluding carboxylic acids is 1. The summed E-state index contributed by atoms with van der Waals surface area (Å²) >= 11 is 0. The Kier molecular flexibility index (Phi) is 4.09. The molecule has 0 aromatic heterocycles. The van der Waals surface area contributed by atoms with Crippen molar-refractivity contribution in [3.8, 4) is 0 Å². The number of benzene rings is 1. The zero-order valence-electron chi connectivity index (χ0n) is 9.71. The first-order valence-electron chi connectivity index (χ1n) is 5.96. The van der Waals surface area contributed by atoms with E-state index in [0.29, 0.717) is 18.0 Å². The zero-order valence-corrected chi connectivity index (χ0v) is 9.71. The van der Waals surface area contributed by atoms with E-state index in [-0.39, 0.29) is 18.1 Å². The van der Waals surface area contributed by atoms with Crippen molar-refractivity contribution in [1.82, 2.24) is 10.6 Å². The zero-order chi connectivity index (χ0) is 12.1. The smallest absolute Gasteiger partial charge is 0.224 e. The van der Waals surface area contributed by atoms with Crippen LogP contribution in [0, 0.1) is 11.7 Å². The van der Waals surface area contributed by atoms with Gasteiger partial charge in [-0.25, -0.2) is 4.39 Å². The van der Waals surface area contributed by atoms with Crippen molar-refractivity contribution in [2.75, 3.05) is 19.6 Å². The second-order valence-corrected chi connectivity index (χ2v) is 4.47. The van der Waals surface area contributed by atoms with Crippen molar-refractivity contribution < 1.29 is 9.18 Å². The Bertz CT molecular complexity index is 389. The maximum atomic E-state index is 12.9. The van der Waals surface area contributed by atoms with Gasteiger partial charge in [0.15, 0.2) is 0 Å². The van der Waals surface area contributed by atoms with Crippen molar-refractivity contribution in [3.63, 3.8) is 0 Å². The lowest BCUT2D eigenvalue weighted by atomic mass is 10.1. The average Bonchev–Trinajstić information content (AvgIpc) is 2.79. The molecule has 1 aromatic rings. The summed E-state index contributed by atoms with van der Waals surface area (Å²) in [7, 11) is 0. The first-order chi connectivity index (χ1) is 8.24. The molecule has 1 amide bonds. The molecule has 1 unspecified atom stereocenters. The molecule has 17 heavy (non-hydrogen) atoms. The monoisotopic (exact) mass is 236 g/mol. The minimum absolute atomic E-state index is 0.0394. The van der Waals surface area contributed by atoms with Gasteiger partial charge in [-0.05, 0) is 43.1 Å². The number of carbonyl (C=O) groups is 1. The molecule has 1 fully saturated rings. The molecule has 0 aliphatic carbocycles. The summed E-state index contributed by atoms with van der Waals surface area (Å²) in [5, 5.41) is 6.14. The van der Waals surface area contributed by atoms with Gasteiger partial charge in [0, 0.05) is 6.54 Å². The summed E-state index contributed by atoms with van der Waals surface area (Å²) in [5.74, 6) is 0.198. The van der Waals surface area contributed by atoms with E-state index in [4.69, 9.17) is 0 Å². The predicted octanol–water partition coefficient (Wildman–Crippen LogP) is 1.09. The predicted molar refractivity (Wildman–Crippen MR) is 64.1 cm³/mol. The molecule has 1 heterocycles. The van der Waals surface area contributed by atoms with Gasteiger partial charge in [0.05, 0.1) is 6.42 Å². The van der Waals surface area contributed by atoms with Crippen LogP contribution in [0.15, 0.2) is 24.3 Å². The molecular weight excluding hydrogens is 219 g/mol. The van der Waals surface area contributed by atoms with E-state index in [9.17, 15) is 9.18 Å². The number of halogens is 1. The van der Waals surface area contributed by atoms with Crippen molar-refractivity contribution in [3.05, 3.63) is 35.6 Å². The Morgan fingerprint density at radius 3 is 3.12 bits per heavy atom. The SMILES string of the molecule is O=C(Cc1cccc(F)c1)NCC1CCNC1. The Morgan fingerprint density at radius 1 is 1.53 bits per heavy atom. The second kappa shape index (κ2) is 5.77. The molecule has 92 valence electrons. The number of amides is 1. The minimum atomic E-state index is -0.296. The van der Waals surface area contributed by atoms with E-state index in [1.165, 1.54) is 12.1 Å². The fourth-order valence-corrected chi connectivity index (χ4v) is 2.04. The van der Waals surface area contributed by atoms with Crippen LogP contribution in [0.5, 0.6) is 0 Å². The third-order valence-electron chi connectivity index (χ3n) is 3.00. The van der Waals surface area contributed by atoms with E-state index < -0.39 is 0 Å². The van der Waals surface area contributed by atoms with Gasteiger partial charge in [-0.1, -0.05) is 12.1 Å². The van der Waals surface area contributed by atoms with Gasteiger partial charge >= 0.3 is 0 Å². The van der Waals surface area contributed by atoms with Crippen LogP contribution in [0.2, 0.25) is 0 Å². The summed E-state index contributed by atoms with van der Waals surface area (Å²) < 4.78 is 12.9. The molecule has 0 radical (unpaired) electrons. The Hall–Kier alpha value is -1.42. The molecule has 0 saturated carbocycles. The van der Waals surface area contributed by atoms with Crippen LogP contribution in [0.4, 0.5) is 4.39 Å². The largest absolute Gasteiger partial charge is 0.355 e. The van der Waals surface area contributed by atoms with Crippen LogP contribution < -0.4 is 10.6 Å². The van der Waals surface area contributed by atoms with E-state index in [2.05, 4.69) is 10.6 Å². The number of rotatable bonds is 4. The summed E-state index contributed by atoms with van der Waals surface area (Å²) in [4.78, 5) is 11.6. The van der Waals surface area contributed by atoms with E-state index in [0.717, 1.165) is 19.5 Å². The average molecular weight is 236 g/mol. The third-order valence-corrected chi connectivity index (χ3v) is 3.00. The molecule has 1 aliphatic heterocycles. The normalized spacial score (nSPS) is 19.2. The van der Waals surface area contributed by atoms with Crippen LogP contribution in [-0.2, 0) is 11.2 Å². The highest BCUT2D eigenvalue weighted by Gasteiger charge is 2.15. The van der Waals surface area contributed by atoms with Crippen LogP contribution in [0.25, 0.3) is 0 Å². The third kappa shape index (κ3) is 3.82. The van der Waals surface area contributed by atoms with Crippen LogP contribution in [-0.4, -0.2) is 25.5 Å².